The lowest BCUT2D eigenvalue weighted by molar-refractivity contribution is -0.689. The van der Waals surface area contributed by atoms with Gasteiger partial charge in [-0.3, -0.25) is 4.79 Å². The van der Waals surface area contributed by atoms with Crippen LogP contribution in [0.1, 0.15) is 61.6 Å². The zero-order valence-corrected chi connectivity index (χ0v) is 18.5. The molecule has 4 saturated carbocycles. The Bertz CT molecular complexity index is 889. The van der Waals surface area contributed by atoms with Crippen molar-refractivity contribution in [2.75, 3.05) is 6.61 Å². The molecule has 0 N–H and O–H groups in total. The number of carbonyl (C=O) groups is 1. The minimum Gasteiger partial charge on any atom is -0.465 e. The van der Waals surface area contributed by atoms with Crippen LogP contribution in [0.4, 0.5) is 0 Å². The Morgan fingerprint density at radius 3 is 2.59 bits per heavy atom. The van der Waals surface area contributed by atoms with E-state index in [2.05, 4.69) is 54.3 Å². The van der Waals surface area contributed by atoms with E-state index in [-0.39, 0.29) is 11.4 Å². The van der Waals surface area contributed by atoms with Crippen molar-refractivity contribution in [2.45, 2.75) is 65.3 Å². The Morgan fingerprint density at radius 2 is 1.90 bits per heavy atom. The quantitative estimate of drug-likeness (QED) is 0.491. The fourth-order valence-electron chi connectivity index (χ4n) is 6.98. The van der Waals surface area contributed by atoms with E-state index in [0.717, 1.165) is 44.1 Å². The number of esters is 1. The van der Waals surface area contributed by atoms with Gasteiger partial charge in [-0.15, -0.1) is 0 Å². The van der Waals surface area contributed by atoms with Gasteiger partial charge in [0, 0.05) is 18.9 Å². The summed E-state index contributed by atoms with van der Waals surface area (Å²) in [6, 6.07) is 10.6. The van der Waals surface area contributed by atoms with E-state index in [9.17, 15) is 4.79 Å². The van der Waals surface area contributed by atoms with Gasteiger partial charge in [0.1, 0.15) is 0 Å². The van der Waals surface area contributed by atoms with Gasteiger partial charge in [0.2, 0.25) is 5.51 Å². The standard InChI is InChI=1S/C25H32NO2S/c1-18-22(29-17-26(18)15-19-6-4-3-5-7-19)8-9-28-23(27)25-13-20-10-21(14-25)12-24(2,11-20)16-25/h3-7,17,20-21H,8-16H2,1-2H3/q+1/t20-,21-,24?,25?/m0/s1. The highest BCUT2D eigenvalue weighted by atomic mass is 32.1. The molecule has 2 atom stereocenters. The lowest BCUT2D eigenvalue weighted by atomic mass is 9.44. The van der Waals surface area contributed by atoms with E-state index >= 15 is 0 Å². The van der Waals surface area contributed by atoms with Crippen molar-refractivity contribution in [3.05, 3.63) is 52.0 Å². The number of benzene rings is 1. The molecule has 4 bridgehead atoms. The summed E-state index contributed by atoms with van der Waals surface area (Å²) in [6.45, 7) is 6.00. The number of nitrogens with zero attached hydrogens (tertiary/aromatic N) is 1. The molecular formula is C25H32NO2S+. The number of hydrogen-bond donors (Lipinski definition) is 0. The predicted molar refractivity (Wildman–Crippen MR) is 115 cm³/mol. The zero-order chi connectivity index (χ0) is 20.1. The molecule has 1 aromatic carbocycles. The molecule has 1 heterocycles. The van der Waals surface area contributed by atoms with Crippen molar-refractivity contribution in [3.8, 4) is 0 Å². The number of carbonyl (C=O) groups excluding carboxylic acids is 1. The lowest BCUT2D eigenvalue weighted by Gasteiger charge is -2.59. The maximum absolute atomic E-state index is 13.1. The molecule has 29 heavy (non-hydrogen) atoms. The molecule has 6 rings (SSSR count). The summed E-state index contributed by atoms with van der Waals surface area (Å²) in [5, 5.41) is 0. The summed E-state index contributed by atoms with van der Waals surface area (Å²) >= 11 is 1.78. The van der Waals surface area contributed by atoms with Crippen LogP contribution in [0.5, 0.6) is 0 Å². The average molecular weight is 411 g/mol. The Labute approximate surface area is 178 Å². The number of aromatic nitrogens is 1. The van der Waals surface area contributed by atoms with Gasteiger partial charge in [0.25, 0.3) is 0 Å². The van der Waals surface area contributed by atoms with E-state index in [1.54, 1.807) is 11.3 Å². The maximum atomic E-state index is 13.1. The molecule has 0 aliphatic heterocycles. The van der Waals surface area contributed by atoms with Crippen LogP contribution in [0.25, 0.3) is 0 Å². The Morgan fingerprint density at radius 1 is 1.17 bits per heavy atom. The van der Waals surface area contributed by atoms with E-state index in [4.69, 9.17) is 4.74 Å². The molecule has 4 aliphatic carbocycles. The molecule has 154 valence electrons. The number of hydrogen-bond acceptors (Lipinski definition) is 3. The second-order valence-electron chi connectivity index (χ2n) is 10.3. The van der Waals surface area contributed by atoms with Gasteiger partial charge in [0.15, 0.2) is 12.2 Å². The second kappa shape index (κ2) is 7.23. The first kappa shape index (κ1) is 19.3. The molecule has 1 aromatic heterocycles. The zero-order valence-electron chi connectivity index (χ0n) is 17.7. The Hall–Kier alpha value is -1.68. The van der Waals surface area contributed by atoms with Gasteiger partial charge in [-0.25, -0.2) is 0 Å². The van der Waals surface area contributed by atoms with Crippen LogP contribution >= 0.6 is 11.3 Å². The highest BCUT2D eigenvalue weighted by molar-refractivity contribution is 7.09. The minimum atomic E-state index is -0.170. The average Bonchev–Trinajstić information content (AvgIpc) is 3.00. The molecule has 0 amide bonds. The fraction of sp³-hybridized carbons (Fsp3) is 0.600. The number of thiazole rings is 1. The SMILES string of the molecule is Cc1c(CCOC(=O)C23C[C@H]4C[C@@H](CC(C)(C4)C2)C3)sc[n+]1Cc1ccccc1. The molecule has 0 saturated heterocycles. The van der Waals surface area contributed by atoms with Gasteiger partial charge in [0.05, 0.1) is 16.9 Å². The molecule has 4 aliphatic rings. The highest BCUT2D eigenvalue weighted by Gasteiger charge is 2.59. The van der Waals surface area contributed by atoms with Gasteiger partial charge >= 0.3 is 5.97 Å². The number of ether oxygens (including phenoxy) is 1. The van der Waals surface area contributed by atoms with Crippen molar-refractivity contribution in [1.82, 2.24) is 0 Å². The van der Waals surface area contributed by atoms with Crippen LogP contribution in [-0.2, 0) is 22.5 Å². The molecule has 0 spiro atoms. The van der Waals surface area contributed by atoms with E-state index in [1.165, 1.54) is 35.4 Å². The van der Waals surface area contributed by atoms with Crippen molar-refractivity contribution >= 4 is 17.3 Å². The summed E-state index contributed by atoms with van der Waals surface area (Å²) in [5.74, 6) is 1.61. The van der Waals surface area contributed by atoms with Crippen molar-refractivity contribution in [2.24, 2.45) is 22.7 Å². The summed E-state index contributed by atoms with van der Waals surface area (Å²) in [6.07, 6.45) is 8.04. The summed E-state index contributed by atoms with van der Waals surface area (Å²) < 4.78 is 8.22. The van der Waals surface area contributed by atoms with Crippen LogP contribution in [0.15, 0.2) is 35.8 Å². The van der Waals surface area contributed by atoms with Gasteiger partial charge in [-0.2, -0.15) is 4.57 Å². The molecule has 0 radical (unpaired) electrons. The first-order chi connectivity index (χ1) is 13.9. The summed E-state index contributed by atoms with van der Waals surface area (Å²) in [5.41, 5.74) is 5.01. The Balaban J connectivity index is 1.19. The van der Waals surface area contributed by atoms with Crippen molar-refractivity contribution < 1.29 is 14.1 Å². The Kier molecular flexibility index (Phi) is 4.81. The van der Waals surface area contributed by atoms with Crippen molar-refractivity contribution in [3.63, 3.8) is 0 Å². The molecule has 2 aromatic rings. The smallest absolute Gasteiger partial charge is 0.312 e. The molecule has 4 heteroatoms. The first-order valence-corrected chi connectivity index (χ1v) is 12.0. The van der Waals surface area contributed by atoms with Gasteiger partial charge in [-0.05, 0) is 55.8 Å². The van der Waals surface area contributed by atoms with Crippen molar-refractivity contribution in [1.29, 1.82) is 0 Å². The third-order valence-corrected chi connectivity index (χ3v) is 8.85. The monoisotopic (exact) mass is 410 g/mol. The van der Waals surface area contributed by atoms with Crippen LogP contribution in [-0.4, -0.2) is 12.6 Å². The van der Waals surface area contributed by atoms with Gasteiger partial charge < -0.3 is 4.74 Å². The number of rotatable bonds is 6. The van der Waals surface area contributed by atoms with Crippen LogP contribution in [0.2, 0.25) is 0 Å². The normalized spacial score (nSPS) is 32.5. The highest BCUT2D eigenvalue weighted by Crippen LogP contribution is 2.65. The maximum Gasteiger partial charge on any atom is 0.312 e. The van der Waals surface area contributed by atoms with E-state index in [0.29, 0.717) is 12.0 Å². The predicted octanol–water partition coefficient (Wildman–Crippen LogP) is 5.08. The summed E-state index contributed by atoms with van der Waals surface area (Å²) in [4.78, 5) is 14.5. The molecule has 4 fully saturated rings. The second-order valence-corrected chi connectivity index (χ2v) is 11.2. The third kappa shape index (κ3) is 3.65. The molecule has 0 unspecified atom stereocenters. The fourth-order valence-corrected chi connectivity index (χ4v) is 7.95. The van der Waals surface area contributed by atoms with E-state index < -0.39 is 0 Å². The van der Waals surface area contributed by atoms with Crippen LogP contribution in [0, 0.1) is 29.6 Å². The largest absolute Gasteiger partial charge is 0.465 e. The topological polar surface area (TPSA) is 30.2 Å². The molecular weight excluding hydrogens is 378 g/mol. The molecule has 3 nitrogen and oxygen atoms in total. The van der Waals surface area contributed by atoms with E-state index in [1.807, 2.05) is 0 Å². The first-order valence-electron chi connectivity index (χ1n) is 11.1. The lowest BCUT2D eigenvalue weighted by Crippen LogP contribution is -2.54. The van der Waals surface area contributed by atoms with Crippen LogP contribution in [0.3, 0.4) is 0 Å². The summed E-state index contributed by atoms with van der Waals surface area (Å²) in [7, 11) is 0. The minimum absolute atomic E-state index is 0.101. The van der Waals surface area contributed by atoms with Gasteiger partial charge in [-0.1, -0.05) is 48.6 Å². The van der Waals surface area contributed by atoms with Crippen LogP contribution < -0.4 is 4.57 Å². The third-order valence-electron chi connectivity index (χ3n) is 7.70.